The summed E-state index contributed by atoms with van der Waals surface area (Å²) in [4.78, 5) is 14.2. The Hall–Kier alpha value is -1.17. The van der Waals surface area contributed by atoms with E-state index in [2.05, 4.69) is 31.2 Å². The molecule has 2 amide bonds. The van der Waals surface area contributed by atoms with Crippen LogP contribution >= 0.6 is 11.8 Å². The third-order valence-electron chi connectivity index (χ3n) is 4.01. The number of anilines is 1. The lowest BCUT2D eigenvalue weighted by atomic mass is 10.2. The van der Waals surface area contributed by atoms with Gasteiger partial charge in [0, 0.05) is 30.6 Å². The lowest BCUT2D eigenvalue weighted by Gasteiger charge is -2.24. The van der Waals surface area contributed by atoms with Gasteiger partial charge < -0.3 is 10.2 Å². The van der Waals surface area contributed by atoms with Crippen LogP contribution in [0.5, 0.6) is 0 Å². The maximum absolute atomic E-state index is 12.3. The number of thioether (sulfide) groups is 1. The molecule has 5 nitrogen and oxygen atoms in total. The first-order chi connectivity index (χ1) is 10.0. The quantitative estimate of drug-likeness (QED) is 0.904. The smallest absolute Gasteiger partial charge is 0.321 e. The van der Waals surface area contributed by atoms with Crippen LogP contribution in [0.25, 0.3) is 0 Å². The summed E-state index contributed by atoms with van der Waals surface area (Å²) in [6.07, 6.45) is 7.00. The van der Waals surface area contributed by atoms with E-state index in [1.54, 1.807) is 6.20 Å². The lowest BCUT2D eigenvalue weighted by Crippen LogP contribution is -2.38. The molecule has 118 valence electrons. The number of carbonyl (C=O) groups is 1. The van der Waals surface area contributed by atoms with E-state index in [0.29, 0.717) is 17.3 Å². The Labute approximate surface area is 131 Å². The van der Waals surface area contributed by atoms with Crippen LogP contribution in [0.15, 0.2) is 12.4 Å². The Morgan fingerprint density at radius 3 is 2.95 bits per heavy atom. The first-order valence-corrected chi connectivity index (χ1v) is 8.75. The highest BCUT2D eigenvalue weighted by molar-refractivity contribution is 7.99. The minimum atomic E-state index is -0.0366. The van der Waals surface area contributed by atoms with E-state index >= 15 is 0 Å². The standard InChI is InChI=1S/C15H26N4OS/c1-5-21-14-7-6-13(8-14)18(4)15(20)17-12-9-16-19(10-12)11(2)3/h9-11,13-14H,5-8H2,1-4H3,(H,17,20). The van der Waals surface area contributed by atoms with Crippen molar-refractivity contribution in [2.24, 2.45) is 0 Å². The van der Waals surface area contributed by atoms with Crippen molar-refractivity contribution in [2.45, 2.75) is 57.4 Å². The molecule has 1 aromatic heterocycles. The molecule has 2 unspecified atom stereocenters. The molecule has 1 aliphatic rings. The van der Waals surface area contributed by atoms with Gasteiger partial charge in [0.05, 0.1) is 11.9 Å². The SMILES string of the molecule is CCSC1CCC(N(C)C(=O)Nc2cnn(C(C)C)c2)C1. The van der Waals surface area contributed by atoms with E-state index in [1.165, 1.54) is 6.42 Å². The topological polar surface area (TPSA) is 50.2 Å². The second-order valence-corrected chi connectivity index (χ2v) is 7.47. The summed E-state index contributed by atoms with van der Waals surface area (Å²) >= 11 is 2.01. The molecule has 21 heavy (non-hydrogen) atoms. The summed E-state index contributed by atoms with van der Waals surface area (Å²) in [7, 11) is 1.89. The zero-order chi connectivity index (χ0) is 15.4. The van der Waals surface area contributed by atoms with Crippen LogP contribution in [-0.4, -0.2) is 44.8 Å². The normalized spacial score (nSPS) is 21.8. The number of amides is 2. The van der Waals surface area contributed by atoms with Crippen molar-refractivity contribution in [2.75, 3.05) is 18.1 Å². The van der Waals surface area contributed by atoms with Crippen molar-refractivity contribution in [1.82, 2.24) is 14.7 Å². The number of aromatic nitrogens is 2. The summed E-state index contributed by atoms with van der Waals surface area (Å²) in [6, 6.07) is 0.620. The molecule has 2 atom stereocenters. The molecular formula is C15H26N4OS. The summed E-state index contributed by atoms with van der Waals surface area (Å²) in [5.74, 6) is 1.15. The Kier molecular flexibility index (Phi) is 5.56. The Morgan fingerprint density at radius 1 is 1.57 bits per heavy atom. The summed E-state index contributed by atoms with van der Waals surface area (Å²) in [5, 5.41) is 7.89. The van der Waals surface area contributed by atoms with Gasteiger partial charge in [-0.25, -0.2) is 4.79 Å². The van der Waals surface area contributed by atoms with E-state index < -0.39 is 0 Å². The highest BCUT2D eigenvalue weighted by Crippen LogP contribution is 2.32. The van der Waals surface area contributed by atoms with Gasteiger partial charge >= 0.3 is 6.03 Å². The van der Waals surface area contributed by atoms with E-state index in [9.17, 15) is 4.79 Å². The van der Waals surface area contributed by atoms with Gasteiger partial charge in [-0.05, 0) is 38.9 Å². The van der Waals surface area contributed by atoms with Gasteiger partial charge in [0.2, 0.25) is 0 Å². The molecule has 0 aliphatic heterocycles. The Bertz CT molecular complexity index is 474. The van der Waals surface area contributed by atoms with Crippen LogP contribution in [-0.2, 0) is 0 Å². The minimum Gasteiger partial charge on any atom is -0.325 e. The number of nitrogens with zero attached hydrogens (tertiary/aromatic N) is 3. The van der Waals surface area contributed by atoms with Crippen LogP contribution in [0, 0.1) is 0 Å². The zero-order valence-electron chi connectivity index (χ0n) is 13.4. The summed E-state index contributed by atoms with van der Waals surface area (Å²) in [6.45, 7) is 6.32. The van der Waals surface area contributed by atoms with Crippen molar-refractivity contribution < 1.29 is 4.79 Å². The van der Waals surface area contributed by atoms with Gasteiger partial charge in [-0.1, -0.05) is 6.92 Å². The fourth-order valence-corrected chi connectivity index (χ4v) is 3.85. The largest absolute Gasteiger partial charge is 0.325 e. The lowest BCUT2D eigenvalue weighted by molar-refractivity contribution is 0.205. The van der Waals surface area contributed by atoms with E-state index in [4.69, 9.17) is 0 Å². The molecule has 0 spiro atoms. The van der Waals surface area contributed by atoms with Crippen molar-refractivity contribution >= 4 is 23.5 Å². The van der Waals surface area contributed by atoms with Gasteiger partial charge in [-0.3, -0.25) is 4.68 Å². The summed E-state index contributed by atoms with van der Waals surface area (Å²) < 4.78 is 1.85. The molecule has 1 N–H and O–H groups in total. The Balaban J connectivity index is 1.87. The molecule has 2 rings (SSSR count). The number of carbonyl (C=O) groups excluding carboxylic acids is 1. The summed E-state index contributed by atoms with van der Waals surface area (Å²) in [5.41, 5.74) is 0.762. The second-order valence-electron chi connectivity index (χ2n) is 5.89. The number of nitrogens with one attached hydrogen (secondary N) is 1. The predicted octanol–water partition coefficient (Wildman–Crippen LogP) is 3.60. The van der Waals surface area contributed by atoms with Crippen molar-refractivity contribution in [3.8, 4) is 0 Å². The van der Waals surface area contributed by atoms with Gasteiger partial charge in [-0.2, -0.15) is 16.9 Å². The average Bonchev–Trinajstić information content (AvgIpc) is 3.07. The van der Waals surface area contributed by atoms with Crippen LogP contribution in [0.1, 0.15) is 46.1 Å². The highest BCUT2D eigenvalue weighted by Gasteiger charge is 2.29. The molecule has 1 aromatic rings. The van der Waals surface area contributed by atoms with E-state index in [-0.39, 0.29) is 6.03 Å². The van der Waals surface area contributed by atoms with Gasteiger partial charge in [0.1, 0.15) is 0 Å². The number of hydrogen-bond acceptors (Lipinski definition) is 3. The molecule has 0 bridgehead atoms. The Morgan fingerprint density at radius 2 is 2.33 bits per heavy atom. The second kappa shape index (κ2) is 7.20. The molecule has 1 aliphatic carbocycles. The molecule has 1 fully saturated rings. The van der Waals surface area contributed by atoms with Crippen molar-refractivity contribution in [3.05, 3.63) is 12.4 Å². The van der Waals surface area contributed by atoms with Gasteiger partial charge in [0.15, 0.2) is 0 Å². The third kappa shape index (κ3) is 4.15. The van der Waals surface area contributed by atoms with E-state index in [1.807, 2.05) is 34.6 Å². The average molecular weight is 310 g/mol. The molecule has 0 radical (unpaired) electrons. The number of urea groups is 1. The predicted molar refractivity (Wildman–Crippen MR) is 89.0 cm³/mol. The number of rotatable bonds is 5. The fraction of sp³-hybridized carbons (Fsp3) is 0.733. The zero-order valence-corrected chi connectivity index (χ0v) is 14.2. The molecule has 0 saturated heterocycles. The number of hydrogen-bond donors (Lipinski definition) is 1. The highest BCUT2D eigenvalue weighted by atomic mass is 32.2. The van der Waals surface area contributed by atoms with Crippen LogP contribution in [0.2, 0.25) is 0 Å². The fourth-order valence-electron chi connectivity index (χ4n) is 2.72. The van der Waals surface area contributed by atoms with Crippen molar-refractivity contribution in [3.63, 3.8) is 0 Å². The third-order valence-corrected chi connectivity index (χ3v) is 5.24. The van der Waals surface area contributed by atoms with E-state index in [0.717, 1.165) is 24.3 Å². The van der Waals surface area contributed by atoms with Gasteiger partial charge in [-0.15, -0.1) is 0 Å². The van der Waals surface area contributed by atoms with Crippen LogP contribution in [0.4, 0.5) is 10.5 Å². The molecule has 1 saturated carbocycles. The first kappa shape index (κ1) is 16.2. The molecule has 0 aromatic carbocycles. The molecule has 1 heterocycles. The van der Waals surface area contributed by atoms with Crippen LogP contribution in [0.3, 0.4) is 0 Å². The van der Waals surface area contributed by atoms with Gasteiger partial charge in [0.25, 0.3) is 0 Å². The maximum atomic E-state index is 12.3. The van der Waals surface area contributed by atoms with Crippen LogP contribution < -0.4 is 5.32 Å². The monoisotopic (exact) mass is 310 g/mol. The first-order valence-electron chi connectivity index (χ1n) is 7.70. The maximum Gasteiger partial charge on any atom is 0.321 e. The molecule has 6 heteroatoms. The molecular weight excluding hydrogens is 284 g/mol. The minimum absolute atomic E-state index is 0.0366. The van der Waals surface area contributed by atoms with Crippen molar-refractivity contribution in [1.29, 1.82) is 0 Å².